The van der Waals surface area contributed by atoms with Crippen LogP contribution in [-0.4, -0.2) is 31.1 Å². The third kappa shape index (κ3) is 4.72. The summed E-state index contributed by atoms with van der Waals surface area (Å²) < 4.78 is 3.12. The van der Waals surface area contributed by atoms with E-state index in [-0.39, 0.29) is 24.1 Å². The Balaban J connectivity index is 1.86. The smallest absolute Gasteiger partial charge is 0.279 e. The Bertz CT molecular complexity index is 1340. The normalized spacial score (nSPS) is 12.1. The summed E-state index contributed by atoms with van der Waals surface area (Å²) >= 11 is 0. The van der Waals surface area contributed by atoms with Crippen molar-refractivity contribution < 1.29 is 4.79 Å². The molecule has 0 fully saturated rings. The number of carbonyl (C=O) groups is 1. The van der Waals surface area contributed by atoms with Crippen LogP contribution in [0.4, 0.5) is 0 Å². The van der Waals surface area contributed by atoms with E-state index in [1.807, 2.05) is 82.3 Å². The summed E-state index contributed by atoms with van der Waals surface area (Å²) in [5.74, 6) is 0.701. The Kier molecular flexibility index (Phi) is 6.40. The molecule has 2 aromatic carbocycles. The first-order chi connectivity index (χ1) is 15.9. The minimum Gasteiger partial charge on any atom is -0.352 e. The first-order valence-electron chi connectivity index (χ1n) is 11.3. The van der Waals surface area contributed by atoms with Gasteiger partial charge in [0.1, 0.15) is 6.54 Å². The fourth-order valence-electron chi connectivity index (χ4n) is 3.79. The highest BCUT2D eigenvalue weighted by Crippen LogP contribution is 2.19. The molecular formula is C26H29N5O2. The highest BCUT2D eigenvalue weighted by atomic mass is 16.2. The molecule has 0 saturated heterocycles. The van der Waals surface area contributed by atoms with E-state index in [1.165, 1.54) is 4.52 Å². The fraction of sp³-hybridized carbons (Fsp3) is 0.308. The lowest BCUT2D eigenvalue weighted by Gasteiger charge is -2.17. The third-order valence-electron chi connectivity index (χ3n) is 5.98. The Morgan fingerprint density at radius 1 is 1.06 bits per heavy atom. The minimum atomic E-state index is -0.212. The molecule has 4 aromatic rings. The number of nitrogens with zero attached hydrogens (tertiary/aromatic N) is 4. The summed E-state index contributed by atoms with van der Waals surface area (Å²) in [6.07, 6.45) is 1.29. The van der Waals surface area contributed by atoms with Crippen LogP contribution in [0.1, 0.15) is 42.7 Å². The van der Waals surface area contributed by atoms with Gasteiger partial charge in [0.25, 0.3) is 5.56 Å². The number of hydrogen-bond acceptors (Lipinski definition) is 4. The highest BCUT2D eigenvalue weighted by Gasteiger charge is 2.20. The van der Waals surface area contributed by atoms with Gasteiger partial charge in [-0.2, -0.15) is 9.50 Å². The van der Waals surface area contributed by atoms with Crippen molar-refractivity contribution in [2.75, 3.05) is 0 Å². The molecule has 0 aliphatic heterocycles. The van der Waals surface area contributed by atoms with E-state index in [0.717, 1.165) is 28.8 Å². The van der Waals surface area contributed by atoms with Crippen molar-refractivity contribution >= 4 is 11.7 Å². The van der Waals surface area contributed by atoms with Crippen molar-refractivity contribution in [2.45, 2.75) is 53.1 Å². The molecule has 0 aliphatic rings. The molecule has 0 spiro atoms. The van der Waals surface area contributed by atoms with Crippen molar-refractivity contribution in [3.63, 3.8) is 0 Å². The molecule has 4 rings (SSSR count). The summed E-state index contributed by atoms with van der Waals surface area (Å²) in [7, 11) is 0. The average Bonchev–Trinajstić information content (AvgIpc) is 3.26. The van der Waals surface area contributed by atoms with Gasteiger partial charge in [-0.25, -0.2) is 0 Å². The molecule has 1 N–H and O–H groups in total. The van der Waals surface area contributed by atoms with Crippen molar-refractivity contribution in [1.29, 1.82) is 0 Å². The highest BCUT2D eigenvalue weighted by molar-refractivity contribution is 5.76. The number of amides is 1. The number of fused-ring (bicyclic) bond motifs is 1. The van der Waals surface area contributed by atoms with Crippen molar-refractivity contribution in [3.05, 3.63) is 87.3 Å². The van der Waals surface area contributed by atoms with Gasteiger partial charge < -0.3 is 9.88 Å². The topological polar surface area (TPSA) is 81.3 Å². The summed E-state index contributed by atoms with van der Waals surface area (Å²) in [6.45, 7) is 7.95. The zero-order valence-corrected chi connectivity index (χ0v) is 19.5. The summed E-state index contributed by atoms with van der Waals surface area (Å²) in [5, 5.41) is 7.54. The maximum absolute atomic E-state index is 13.5. The summed E-state index contributed by atoms with van der Waals surface area (Å²) in [5.41, 5.74) is 4.08. The van der Waals surface area contributed by atoms with Crippen LogP contribution in [0.3, 0.4) is 0 Å². The SMILES string of the molecule is CCC(C)NC(=O)Cn1c(C)c(Cc2ccccc2)c(=O)n2nc(-c3ccc(C)cc3)nc12. The van der Waals surface area contributed by atoms with Crippen LogP contribution >= 0.6 is 0 Å². The second kappa shape index (κ2) is 9.40. The van der Waals surface area contributed by atoms with E-state index < -0.39 is 0 Å². The predicted octanol–water partition coefficient (Wildman–Crippen LogP) is 3.68. The average molecular weight is 444 g/mol. The molecule has 7 nitrogen and oxygen atoms in total. The number of carbonyl (C=O) groups excluding carboxylic acids is 1. The van der Waals surface area contributed by atoms with Gasteiger partial charge in [0.2, 0.25) is 11.7 Å². The van der Waals surface area contributed by atoms with Crippen LogP contribution in [0.5, 0.6) is 0 Å². The van der Waals surface area contributed by atoms with Gasteiger partial charge in [0, 0.05) is 29.3 Å². The Labute approximate surface area is 193 Å². The monoisotopic (exact) mass is 443 g/mol. The lowest BCUT2D eigenvalue weighted by molar-refractivity contribution is -0.122. The van der Waals surface area contributed by atoms with E-state index in [1.54, 1.807) is 4.57 Å². The first-order valence-corrected chi connectivity index (χ1v) is 11.3. The second-order valence-corrected chi connectivity index (χ2v) is 8.51. The Hall–Kier alpha value is -3.74. The van der Waals surface area contributed by atoms with Crippen LogP contribution in [0.2, 0.25) is 0 Å². The molecule has 1 unspecified atom stereocenters. The molecule has 33 heavy (non-hydrogen) atoms. The van der Waals surface area contributed by atoms with Crippen LogP contribution in [0, 0.1) is 13.8 Å². The Morgan fingerprint density at radius 2 is 1.76 bits per heavy atom. The minimum absolute atomic E-state index is 0.0633. The molecule has 0 radical (unpaired) electrons. The molecule has 0 saturated carbocycles. The van der Waals surface area contributed by atoms with Crippen LogP contribution in [0.25, 0.3) is 17.2 Å². The van der Waals surface area contributed by atoms with Gasteiger partial charge in [-0.15, -0.1) is 5.10 Å². The van der Waals surface area contributed by atoms with Gasteiger partial charge in [-0.05, 0) is 32.8 Å². The molecule has 2 aromatic heterocycles. The summed E-state index contributed by atoms with van der Waals surface area (Å²) in [4.78, 5) is 30.9. The molecule has 7 heteroatoms. The van der Waals surface area contributed by atoms with Crippen LogP contribution < -0.4 is 10.9 Å². The maximum atomic E-state index is 13.5. The van der Waals surface area contributed by atoms with Crippen molar-refractivity contribution in [1.82, 2.24) is 24.5 Å². The number of nitrogens with one attached hydrogen (secondary N) is 1. The number of hydrogen-bond donors (Lipinski definition) is 1. The number of benzene rings is 2. The van der Waals surface area contributed by atoms with E-state index in [9.17, 15) is 9.59 Å². The number of rotatable bonds is 7. The summed E-state index contributed by atoms with van der Waals surface area (Å²) in [6, 6.07) is 17.7. The van der Waals surface area contributed by atoms with Gasteiger partial charge in [0.15, 0.2) is 5.82 Å². The third-order valence-corrected chi connectivity index (χ3v) is 5.98. The quantitative estimate of drug-likeness (QED) is 0.472. The van der Waals surface area contributed by atoms with Gasteiger partial charge in [0.05, 0.1) is 0 Å². The van der Waals surface area contributed by atoms with E-state index in [4.69, 9.17) is 0 Å². The first kappa shape index (κ1) is 22.5. The van der Waals surface area contributed by atoms with Crippen molar-refractivity contribution in [2.24, 2.45) is 0 Å². The lowest BCUT2D eigenvalue weighted by atomic mass is 10.0. The molecular weight excluding hydrogens is 414 g/mol. The molecule has 1 atom stereocenters. The van der Waals surface area contributed by atoms with E-state index >= 15 is 0 Å². The van der Waals surface area contributed by atoms with Gasteiger partial charge in [-0.3, -0.25) is 9.59 Å². The maximum Gasteiger partial charge on any atom is 0.279 e. The molecule has 2 heterocycles. The standard InChI is InChI=1S/C26H29N5O2/c1-5-18(3)27-23(32)16-30-19(4)22(15-20-9-7-6-8-10-20)25(33)31-26(30)28-24(29-31)21-13-11-17(2)12-14-21/h6-14,18H,5,15-16H2,1-4H3,(H,27,32). The zero-order valence-electron chi connectivity index (χ0n) is 19.5. The second-order valence-electron chi connectivity index (χ2n) is 8.51. The zero-order chi connectivity index (χ0) is 23.5. The van der Waals surface area contributed by atoms with E-state index in [2.05, 4.69) is 15.4 Å². The van der Waals surface area contributed by atoms with Crippen molar-refractivity contribution in [3.8, 4) is 11.4 Å². The van der Waals surface area contributed by atoms with Crippen LogP contribution in [-0.2, 0) is 17.8 Å². The largest absolute Gasteiger partial charge is 0.352 e. The number of aryl methyl sites for hydroxylation is 1. The Morgan fingerprint density at radius 3 is 2.42 bits per heavy atom. The molecule has 1 amide bonds. The molecule has 0 bridgehead atoms. The van der Waals surface area contributed by atoms with Gasteiger partial charge in [-0.1, -0.05) is 67.1 Å². The van der Waals surface area contributed by atoms with Crippen LogP contribution in [0.15, 0.2) is 59.4 Å². The number of aromatic nitrogens is 4. The molecule has 0 aliphatic carbocycles. The molecule has 170 valence electrons. The van der Waals surface area contributed by atoms with E-state index in [0.29, 0.717) is 23.6 Å². The lowest BCUT2D eigenvalue weighted by Crippen LogP contribution is -2.36. The fourth-order valence-corrected chi connectivity index (χ4v) is 3.79. The predicted molar refractivity (Wildman–Crippen MR) is 129 cm³/mol. The van der Waals surface area contributed by atoms with Gasteiger partial charge >= 0.3 is 0 Å².